The van der Waals surface area contributed by atoms with Gasteiger partial charge in [-0.15, -0.1) is 0 Å². The zero-order valence-corrected chi connectivity index (χ0v) is 18.9. The van der Waals surface area contributed by atoms with Gasteiger partial charge in [0.15, 0.2) is 11.6 Å². The maximum absolute atomic E-state index is 14.3. The Morgan fingerprint density at radius 2 is 1.76 bits per heavy atom. The van der Waals surface area contributed by atoms with Gasteiger partial charge in [-0.2, -0.15) is 5.26 Å². The van der Waals surface area contributed by atoms with E-state index < -0.39 is 53.4 Å². The summed E-state index contributed by atoms with van der Waals surface area (Å²) in [4.78, 5) is 41.1. The number of hydrogen-bond acceptors (Lipinski definition) is 5. The van der Waals surface area contributed by atoms with Crippen LogP contribution in [-0.2, 0) is 20.8 Å². The fourth-order valence-electron chi connectivity index (χ4n) is 4.55. The average molecular weight is 480 g/mol. The normalized spacial score (nSPS) is 21.8. The lowest BCUT2D eigenvalue weighted by Gasteiger charge is -2.29. The molecule has 0 aromatic heterocycles. The molecule has 2 aliphatic heterocycles. The highest BCUT2D eigenvalue weighted by molar-refractivity contribution is 5.90. The molecule has 2 heterocycles. The van der Waals surface area contributed by atoms with E-state index in [2.05, 4.69) is 11.4 Å². The third-order valence-electron chi connectivity index (χ3n) is 6.27. The van der Waals surface area contributed by atoms with Crippen molar-refractivity contribution in [3.8, 4) is 6.07 Å². The van der Waals surface area contributed by atoms with Crippen molar-refractivity contribution in [3.63, 3.8) is 0 Å². The SMILES string of the molecule is CC(N)C(=O)N1CCCC1C(=O)N[C@@H](CC(=O)N1CCCC1C#N)Cc1cc(F)c(F)cc1F. The summed E-state index contributed by atoms with van der Waals surface area (Å²) < 4.78 is 41.4. The van der Waals surface area contributed by atoms with Crippen LogP contribution >= 0.6 is 0 Å². The minimum Gasteiger partial charge on any atom is -0.351 e. The van der Waals surface area contributed by atoms with Gasteiger partial charge in [0, 0.05) is 31.6 Å². The molecule has 0 radical (unpaired) electrons. The van der Waals surface area contributed by atoms with Gasteiger partial charge in [0.2, 0.25) is 17.7 Å². The van der Waals surface area contributed by atoms with E-state index >= 15 is 0 Å². The molecular weight excluding hydrogens is 451 g/mol. The largest absolute Gasteiger partial charge is 0.351 e. The lowest BCUT2D eigenvalue weighted by Crippen LogP contribution is -2.53. The minimum atomic E-state index is -1.34. The van der Waals surface area contributed by atoms with Gasteiger partial charge in [-0.3, -0.25) is 14.4 Å². The number of nitrogens with two attached hydrogens (primary N) is 1. The van der Waals surface area contributed by atoms with Crippen molar-refractivity contribution in [3.05, 3.63) is 35.1 Å². The van der Waals surface area contributed by atoms with Crippen molar-refractivity contribution >= 4 is 17.7 Å². The molecule has 3 unspecified atom stereocenters. The van der Waals surface area contributed by atoms with E-state index in [0.717, 1.165) is 0 Å². The molecule has 2 fully saturated rings. The summed E-state index contributed by atoms with van der Waals surface area (Å²) in [5, 5.41) is 12.0. The molecular formula is C23H28F3N5O3. The Balaban J connectivity index is 1.80. The number of nitrogens with zero attached hydrogens (tertiary/aromatic N) is 3. The van der Waals surface area contributed by atoms with E-state index in [1.165, 1.54) is 16.7 Å². The molecule has 1 aromatic rings. The summed E-state index contributed by atoms with van der Waals surface area (Å²) in [6.45, 7) is 2.26. The molecule has 184 valence electrons. The van der Waals surface area contributed by atoms with Crippen molar-refractivity contribution in [2.75, 3.05) is 13.1 Å². The molecule has 3 amide bonds. The molecule has 4 atom stereocenters. The van der Waals surface area contributed by atoms with Crippen LogP contribution in [0.15, 0.2) is 12.1 Å². The number of nitriles is 1. The van der Waals surface area contributed by atoms with Crippen molar-refractivity contribution in [2.45, 2.75) is 69.6 Å². The van der Waals surface area contributed by atoms with Crippen LogP contribution in [-0.4, -0.2) is 64.8 Å². The Labute approximate surface area is 195 Å². The van der Waals surface area contributed by atoms with E-state index in [1.807, 2.05) is 0 Å². The van der Waals surface area contributed by atoms with Gasteiger partial charge in [-0.05, 0) is 50.7 Å². The van der Waals surface area contributed by atoms with Crippen molar-refractivity contribution < 1.29 is 27.6 Å². The highest BCUT2D eigenvalue weighted by atomic mass is 19.2. The van der Waals surface area contributed by atoms with Gasteiger partial charge in [-0.25, -0.2) is 13.2 Å². The Morgan fingerprint density at radius 1 is 1.12 bits per heavy atom. The number of likely N-dealkylation sites (tertiary alicyclic amines) is 2. The predicted octanol–water partition coefficient (Wildman–Crippen LogP) is 1.37. The first-order chi connectivity index (χ1) is 16.1. The maximum Gasteiger partial charge on any atom is 0.243 e. The number of nitrogens with one attached hydrogen (secondary N) is 1. The lowest BCUT2D eigenvalue weighted by atomic mass is 10.0. The molecule has 0 aliphatic carbocycles. The molecule has 1 aromatic carbocycles. The van der Waals surface area contributed by atoms with Gasteiger partial charge in [0.25, 0.3) is 0 Å². The molecule has 34 heavy (non-hydrogen) atoms. The smallest absolute Gasteiger partial charge is 0.243 e. The fraction of sp³-hybridized carbons (Fsp3) is 0.565. The number of halogens is 3. The van der Waals surface area contributed by atoms with Gasteiger partial charge in [0.05, 0.1) is 12.1 Å². The van der Waals surface area contributed by atoms with Crippen LogP contribution in [0.2, 0.25) is 0 Å². The zero-order chi connectivity index (χ0) is 25.0. The second-order valence-electron chi connectivity index (χ2n) is 8.82. The topological polar surface area (TPSA) is 120 Å². The second kappa shape index (κ2) is 10.9. The third kappa shape index (κ3) is 5.67. The molecule has 0 bridgehead atoms. The van der Waals surface area contributed by atoms with Crippen LogP contribution in [0.25, 0.3) is 0 Å². The quantitative estimate of drug-likeness (QED) is 0.573. The lowest BCUT2D eigenvalue weighted by molar-refractivity contribution is -0.139. The molecule has 2 saturated heterocycles. The summed E-state index contributed by atoms with van der Waals surface area (Å²) in [6, 6.07) is 0.0341. The molecule has 8 nitrogen and oxygen atoms in total. The molecule has 3 N–H and O–H groups in total. The number of rotatable bonds is 7. The Morgan fingerprint density at radius 3 is 2.44 bits per heavy atom. The van der Waals surface area contributed by atoms with Crippen LogP contribution in [0.4, 0.5) is 13.2 Å². The third-order valence-corrected chi connectivity index (χ3v) is 6.27. The number of benzene rings is 1. The highest BCUT2D eigenvalue weighted by Crippen LogP contribution is 2.22. The summed E-state index contributed by atoms with van der Waals surface area (Å²) in [7, 11) is 0. The van der Waals surface area contributed by atoms with Crippen LogP contribution in [0.1, 0.15) is 44.6 Å². The van der Waals surface area contributed by atoms with Gasteiger partial charge < -0.3 is 20.9 Å². The van der Waals surface area contributed by atoms with E-state index in [9.17, 15) is 32.8 Å². The second-order valence-corrected chi connectivity index (χ2v) is 8.82. The first-order valence-electron chi connectivity index (χ1n) is 11.3. The first-order valence-corrected chi connectivity index (χ1v) is 11.3. The summed E-state index contributed by atoms with van der Waals surface area (Å²) in [6.07, 6.45) is 1.64. The predicted molar refractivity (Wildman–Crippen MR) is 115 cm³/mol. The van der Waals surface area contributed by atoms with Crippen molar-refractivity contribution in [2.24, 2.45) is 5.73 Å². The molecule has 3 rings (SSSR count). The standard InChI is InChI=1S/C23H28F3N5O3/c1-13(28)23(34)31-7-3-5-20(31)22(33)29-15(8-14-9-18(25)19(26)11-17(14)24)10-21(32)30-6-2-4-16(30)12-27/h9,11,13,15-16,20H,2-8,10,28H2,1H3,(H,29,33)/t13?,15-,16?,20?/m1/s1. The first kappa shape index (κ1) is 25.5. The number of carbonyl (C=O) groups is 3. The average Bonchev–Trinajstić information content (AvgIpc) is 3.46. The minimum absolute atomic E-state index is 0.204. The maximum atomic E-state index is 14.3. The van der Waals surface area contributed by atoms with E-state index in [0.29, 0.717) is 50.9 Å². The van der Waals surface area contributed by atoms with Crippen LogP contribution < -0.4 is 11.1 Å². The number of amides is 3. The summed E-state index contributed by atoms with van der Waals surface area (Å²) in [5.41, 5.74) is 5.48. The number of carbonyl (C=O) groups excluding carboxylic acids is 3. The van der Waals surface area contributed by atoms with Crippen LogP contribution in [0, 0.1) is 28.8 Å². The fourth-order valence-corrected chi connectivity index (χ4v) is 4.55. The van der Waals surface area contributed by atoms with Gasteiger partial charge in [-0.1, -0.05) is 0 Å². The summed E-state index contributed by atoms with van der Waals surface area (Å²) >= 11 is 0. The van der Waals surface area contributed by atoms with Crippen molar-refractivity contribution in [1.29, 1.82) is 5.26 Å². The van der Waals surface area contributed by atoms with E-state index in [-0.39, 0.29) is 24.3 Å². The van der Waals surface area contributed by atoms with Gasteiger partial charge >= 0.3 is 0 Å². The zero-order valence-electron chi connectivity index (χ0n) is 18.9. The van der Waals surface area contributed by atoms with E-state index in [1.54, 1.807) is 0 Å². The molecule has 11 heteroatoms. The highest BCUT2D eigenvalue weighted by Gasteiger charge is 2.37. The molecule has 2 aliphatic rings. The molecule has 0 spiro atoms. The number of hydrogen-bond donors (Lipinski definition) is 2. The van der Waals surface area contributed by atoms with E-state index in [4.69, 9.17) is 5.73 Å². The van der Waals surface area contributed by atoms with Crippen LogP contribution in [0.3, 0.4) is 0 Å². The monoisotopic (exact) mass is 479 g/mol. The van der Waals surface area contributed by atoms with Crippen LogP contribution in [0.5, 0.6) is 0 Å². The Kier molecular flexibility index (Phi) is 8.15. The van der Waals surface area contributed by atoms with Crippen molar-refractivity contribution in [1.82, 2.24) is 15.1 Å². The summed E-state index contributed by atoms with van der Waals surface area (Å²) in [5.74, 6) is -4.93. The molecule has 0 saturated carbocycles. The Hall–Kier alpha value is -3.13. The van der Waals surface area contributed by atoms with Gasteiger partial charge in [0.1, 0.15) is 17.9 Å². The Bertz CT molecular complexity index is 997.